The number of hydrogen-bond acceptors (Lipinski definition) is 4. The molecule has 0 aliphatic rings. The van der Waals surface area contributed by atoms with Crippen LogP contribution >= 0.6 is 0 Å². The number of esters is 1. The zero-order chi connectivity index (χ0) is 10.4. The van der Waals surface area contributed by atoms with E-state index in [1.807, 2.05) is 0 Å². The molecule has 0 spiro atoms. The van der Waals surface area contributed by atoms with Crippen molar-refractivity contribution < 1.29 is 19.1 Å². The summed E-state index contributed by atoms with van der Waals surface area (Å²) in [7, 11) is 2.65. The molecule has 0 saturated carbocycles. The fourth-order valence-electron chi connectivity index (χ4n) is 0.718. The second-order valence-electron chi connectivity index (χ2n) is 2.54. The number of likely N-dealkylation sites (N-methyl/N-ethyl adjacent to an activating group) is 1. The molecule has 1 radical (unpaired) electrons. The maximum absolute atomic E-state index is 10.8. The Balaban J connectivity index is 4.25. The van der Waals surface area contributed by atoms with E-state index in [4.69, 9.17) is 0 Å². The van der Waals surface area contributed by atoms with Gasteiger partial charge in [0.2, 0.25) is 12.2 Å². The van der Waals surface area contributed by atoms with Gasteiger partial charge in [-0.15, -0.1) is 0 Å². The Morgan fingerprint density at radius 2 is 2.08 bits per heavy atom. The highest BCUT2D eigenvalue weighted by Crippen LogP contribution is 2.00. The van der Waals surface area contributed by atoms with Crippen LogP contribution in [-0.2, 0) is 19.1 Å². The summed E-state index contributed by atoms with van der Waals surface area (Å²) >= 11 is 0. The van der Waals surface area contributed by atoms with Crippen LogP contribution < -0.4 is 0 Å². The summed E-state index contributed by atoms with van der Waals surface area (Å²) in [6.07, 6.45) is 1.45. The smallest absolute Gasteiger partial charge is 0.308 e. The third kappa shape index (κ3) is 3.68. The van der Waals surface area contributed by atoms with Gasteiger partial charge in [0.15, 0.2) is 0 Å². The van der Waals surface area contributed by atoms with E-state index in [1.54, 1.807) is 6.29 Å². The Bertz CT molecular complexity index is 214. The van der Waals surface area contributed by atoms with Crippen molar-refractivity contribution in [1.29, 1.82) is 0 Å². The van der Waals surface area contributed by atoms with E-state index in [1.165, 1.54) is 21.1 Å². The summed E-state index contributed by atoms with van der Waals surface area (Å²) in [4.78, 5) is 33.1. The molecule has 0 aromatic carbocycles. The van der Waals surface area contributed by atoms with Crippen LogP contribution in [0.25, 0.3) is 0 Å². The molecule has 0 aliphatic heterocycles. The molecule has 0 N–H and O–H groups in total. The van der Waals surface area contributed by atoms with Crippen LogP contribution in [0.2, 0.25) is 0 Å². The predicted octanol–water partition coefficient (Wildman–Crippen LogP) is -0.494. The molecule has 0 aromatic rings. The minimum absolute atomic E-state index is 0.157. The Hall–Kier alpha value is -1.39. The molecule has 13 heavy (non-hydrogen) atoms. The average molecular weight is 186 g/mol. The van der Waals surface area contributed by atoms with Gasteiger partial charge in [-0.1, -0.05) is 0 Å². The van der Waals surface area contributed by atoms with Crippen LogP contribution in [0.5, 0.6) is 0 Å². The number of ether oxygens (including phenoxy) is 1. The van der Waals surface area contributed by atoms with Gasteiger partial charge in [-0.3, -0.25) is 14.4 Å². The first-order chi connectivity index (χ1) is 6.02. The highest BCUT2D eigenvalue weighted by molar-refractivity contribution is 5.81. The summed E-state index contributed by atoms with van der Waals surface area (Å²) < 4.78 is 4.36. The molecule has 5 nitrogen and oxygen atoms in total. The molecule has 5 heteroatoms. The van der Waals surface area contributed by atoms with E-state index < -0.39 is 12.0 Å². The van der Waals surface area contributed by atoms with E-state index in [0.29, 0.717) is 0 Å². The van der Waals surface area contributed by atoms with Gasteiger partial charge in [0.25, 0.3) is 0 Å². The lowest BCUT2D eigenvalue weighted by Gasteiger charge is -2.20. The zero-order valence-corrected chi connectivity index (χ0v) is 7.86. The summed E-state index contributed by atoms with van der Waals surface area (Å²) in [6.45, 7) is 1.31. The third-order valence-corrected chi connectivity index (χ3v) is 1.69. The second kappa shape index (κ2) is 5.29. The van der Waals surface area contributed by atoms with Gasteiger partial charge in [0.05, 0.1) is 13.5 Å². The Morgan fingerprint density at radius 3 is 2.38 bits per heavy atom. The topological polar surface area (TPSA) is 63.7 Å². The van der Waals surface area contributed by atoms with Crippen LogP contribution in [0.4, 0.5) is 0 Å². The van der Waals surface area contributed by atoms with Crippen molar-refractivity contribution in [2.24, 2.45) is 0 Å². The maximum atomic E-state index is 10.8. The van der Waals surface area contributed by atoms with Crippen LogP contribution in [0, 0.1) is 0 Å². The van der Waals surface area contributed by atoms with Crippen molar-refractivity contribution in [3.8, 4) is 0 Å². The summed E-state index contributed by atoms with van der Waals surface area (Å²) in [6, 6.07) is -0.857. The average Bonchev–Trinajstić information content (AvgIpc) is 2.12. The predicted molar refractivity (Wildman–Crippen MR) is 44.6 cm³/mol. The molecule has 0 heterocycles. The number of hydrogen-bond donors (Lipinski definition) is 0. The minimum Gasteiger partial charge on any atom is -0.469 e. The first-order valence-electron chi connectivity index (χ1n) is 3.70. The highest BCUT2D eigenvalue weighted by atomic mass is 16.5. The van der Waals surface area contributed by atoms with Crippen molar-refractivity contribution in [1.82, 2.24) is 4.90 Å². The molecule has 1 unspecified atom stereocenters. The molecule has 1 atom stereocenters. The van der Waals surface area contributed by atoms with Gasteiger partial charge in [0.1, 0.15) is 6.04 Å². The van der Waals surface area contributed by atoms with Gasteiger partial charge in [-0.05, 0) is 0 Å². The van der Waals surface area contributed by atoms with Gasteiger partial charge >= 0.3 is 5.97 Å². The molecular weight excluding hydrogens is 174 g/mol. The lowest BCUT2D eigenvalue weighted by atomic mass is 10.2. The number of methoxy groups -OCH3 is 1. The molecule has 1 amide bonds. The van der Waals surface area contributed by atoms with E-state index in [0.717, 1.165) is 4.90 Å². The summed E-state index contributed by atoms with van der Waals surface area (Å²) in [5.74, 6) is -0.835. The minimum atomic E-state index is -0.857. The number of carbonyl (C=O) groups is 2. The lowest BCUT2D eigenvalue weighted by molar-refractivity contribution is -0.142. The molecule has 0 aromatic heterocycles. The molecule has 0 fully saturated rings. The SMILES string of the molecule is COC(=O)CC([C]=O)N(C)C(C)=O. The molecule has 0 aliphatic carbocycles. The van der Waals surface area contributed by atoms with Crippen molar-refractivity contribution in [2.75, 3.05) is 14.2 Å². The summed E-state index contributed by atoms with van der Waals surface area (Å²) in [5.41, 5.74) is 0. The quantitative estimate of drug-likeness (QED) is 0.555. The molecule has 0 bridgehead atoms. The number of carbonyl (C=O) groups excluding carboxylic acids is 3. The monoisotopic (exact) mass is 186 g/mol. The number of nitrogens with zero attached hydrogens (tertiary/aromatic N) is 1. The molecule has 73 valence electrons. The first kappa shape index (κ1) is 11.6. The maximum Gasteiger partial charge on any atom is 0.308 e. The number of rotatable bonds is 4. The van der Waals surface area contributed by atoms with Gasteiger partial charge in [0, 0.05) is 14.0 Å². The fraction of sp³-hybridized carbons (Fsp3) is 0.625. The lowest BCUT2D eigenvalue weighted by Crippen LogP contribution is -2.38. The van der Waals surface area contributed by atoms with Gasteiger partial charge < -0.3 is 9.64 Å². The van der Waals surface area contributed by atoms with E-state index in [2.05, 4.69) is 4.74 Å². The number of amides is 1. The molecule has 0 saturated heterocycles. The van der Waals surface area contributed by atoms with Crippen molar-refractivity contribution in [3.05, 3.63) is 0 Å². The largest absolute Gasteiger partial charge is 0.469 e. The first-order valence-corrected chi connectivity index (χ1v) is 3.70. The Labute approximate surface area is 76.7 Å². The second-order valence-corrected chi connectivity index (χ2v) is 2.54. The molecule has 0 rings (SSSR count). The van der Waals surface area contributed by atoms with Crippen LogP contribution in [-0.4, -0.2) is 43.3 Å². The highest BCUT2D eigenvalue weighted by Gasteiger charge is 2.20. The Kier molecular flexibility index (Phi) is 4.72. The van der Waals surface area contributed by atoms with Crippen molar-refractivity contribution in [2.45, 2.75) is 19.4 Å². The van der Waals surface area contributed by atoms with Crippen molar-refractivity contribution in [3.63, 3.8) is 0 Å². The zero-order valence-electron chi connectivity index (χ0n) is 7.86. The van der Waals surface area contributed by atoms with Gasteiger partial charge in [-0.2, -0.15) is 0 Å². The fourth-order valence-corrected chi connectivity index (χ4v) is 0.718. The van der Waals surface area contributed by atoms with Gasteiger partial charge in [-0.25, -0.2) is 0 Å². The van der Waals surface area contributed by atoms with E-state index in [-0.39, 0.29) is 12.3 Å². The standard InChI is InChI=1S/C8H12NO4/c1-6(11)9(2)7(5-10)4-8(12)13-3/h7H,4H2,1-3H3. The summed E-state index contributed by atoms with van der Waals surface area (Å²) in [5, 5.41) is 0. The van der Waals surface area contributed by atoms with E-state index >= 15 is 0 Å². The Morgan fingerprint density at radius 1 is 1.54 bits per heavy atom. The third-order valence-electron chi connectivity index (χ3n) is 1.69. The normalized spacial score (nSPS) is 11.6. The van der Waals surface area contributed by atoms with Crippen molar-refractivity contribution >= 4 is 18.2 Å². The van der Waals surface area contributed by atoms with Crippen LogP contribution in [0.3, 0.4) is 0 Å². The van der Waals surface area contributed by atoms with E-state index in [9.17, 15) is 14.4 Å². The van der Waals surface area contributed by atoms with Crippen LogP contribution in [0.15, 0.2) is 0 Å². The van der Waals surface area contributed by atoms with Crippen LogP contribution in [0.1, 0.15) is 13.3 Å². The molecular formula is C8H12NO4.